The lowest BCUT2D eigenvalue weighted by atomic mass is 10.1. The summed E-state index contributed by atoms with van der Waals surface area (Å²) in [6.07, 6.45) is 17.0. The number of hydrogen-bond acceptors (Lipinski definition) is 7. The molecule has 0 saturated heterocycles. The van der Waals surface area contributed by atoms with E-state index in [1.165, 1.54) is 101 Å². The molecule has 1 aliphatic heterocycles. The molecule has 2 heterocycles. The van der Waals surface area contributed by atoms with Gasteiger partial charge in [-0.05, 0) is 32.4 Å². The number of nitrogens with one attached hydrogen (secondary N) is 1. The van der Waals surface area contributed by atoms with Crippen LogP contribution in [0.2, 0.25) is 0 Å². The highest BCUT2D eigenvalue weighted by Gasteiger charge is 2.21. The molecule has 0 saturated carbocycles. The molecule has 2 N–H and O–H groups in total. The van der Waals surface area contributed by atoms with E-state index < -0.39 is 10.1 Å². The number of rotatable bonds is 20. The topological polar surface area (TPSA) is 94.1 Å². The summed E-state index contributed by atoms with van der Waals surface area (Å²) >= 11 is 1.51. The van der Waals surface area contributed by atoms with E-state index in [0.717, 1.165) is 11.5 Å². The van der Waals surface area contributed by atoms with Crippen molar-refractivity contribution in [2.75, 3.05) is 38.7 Å². The van der Waals surface area contributed by atoms with Gasteiger partial charge < -0.3 is 19.5 Å². The molecule has 1 aromatic heterocycles. The molecule has 0 amide bonds. The van der Waals surface area contributed by atoms with Crippen LogP contribution in [0.5, 0.6) is 11.5 Å². The van der Waals surface area contributed by atoms with Crippen molar-refractivity contribution in [3.63, 3.8) is 0 Å². The molecule has 7 nitrogen and oxygen atoms in total. The van der Waals surface area contributed by atoms with Gasteiger partial charge in [-0.2, -0.15) is 8.42 Å². The van der Waals surface area contributed by atoms with E-state index in [1.807, 2.05) is 10.8 Å². The monoisotopic (exact) mass is 535 g/mol. The number of thiophene rings is 1. The molecule has 0 bridgehead atoms. The molecule has 0 fully saturated rings. The molecule has 0 radical (unpaired) electrons. The molecule has 1 aliphatic rings. The standard InChI is InChI=1S/C16H35N.C10H14O6S2/c1-3-5-7-9-11-13-15-17-16-14-12-10-8-6-4-2;11-18(12,13)3-1-2-14-4-8-5-15-9-6-17-7-10(9)16-8/h17H,3-16H2,1-2H3;6-8H,1-5H2,(H,11,12,13). The van der Waals surface area contributed by atoms with E-state index in [1.54, 1.807) is 0 Å². The predicted octanol–water partition coefficient (Wildman–Crippen LogP) is 6.48. The maximum Gasteiger partial charge on any atom is 0.264 e. The fourth-order valence-electron chi connectivity index (χ4n) is 3.69. The molecule has 2 rings (SSSR count). The summed E-state index contributed by atoms with van der Waals surface area (Å²) in [5.41, 5.74) is 0. The molecule has 0 aliphatic carbocycles. The first-order chi connectivity index (χ1) is 17.0. The lowest BCUT2D eigenvalue weighted by molar-refractivity contribution is 0.00976. The molecule has 35 heavy (non-hydrogen) atoms. The zero-order valence-electron chi connectivity index (χ0n) is 22.0. The van der Waals surface area contributed by atoms with Crippen molar-refractivity contribution in [2.24, 2.45) is 0 Å². The molecule has 1 aromatic rings. The zero-order valence-corrected chi connectivity index (χ0v) is 23.6. The highest BCUT2D eigenvalue weighted by Crippen LogP contribution is 2.35. The average molecular weight is 536 g/mol. The van der Waals surface area contributed by atoms with E-state index >= 15 is 0 Å². The van der Waals surface area contributed by atoms with Gasteiger partial charge in [-0.1, -0.05) is 78.1 Å². The summed E-state index contributed by atoms with van der Waals surface area (Å²) in [6.45, 7) is 8.05. The van der Waals surface area contributed by atoms with Crippen LogP contribution in [0.25, 0.3) is 0 Å². The van der Waals surface area contributed by atoms with Crippen LogP contribution in [0.4, 0.5) is 0 Å². The van der Waals surface area contributed by atoms with E-state index in [4.69, 9.17) is 18.8 Å². The first kappa shape index (κ1) is 32.2. The fraction of sp³-hybridized carbons (Fsp3) is 0.846. The van der Waals surface area contributed by atoms with Crippen LogP contribution in [0, 0.1) is 0 Å². The first-order valence-electron chi connectivity index (χ1n) is 13.6. The Morgan fingerprint density at radius 2 is 1.49 bits per heavy atom. The summed E-state index contributed by atoms with van der Waals surface area (Å²) in [4.78, 5) is 0. The lowest BCUT2D eigenvalue weighted by Gasteiger charge is -2.24. The van der Waals surface area contributed by atoms with Gasteiger partial charge >= 0.3 is 0 Å². The van der Waals surface area contributed by atoms with E-state index in [-0.39, 0.29) is 24.9 Å². The van der Waals surface area contributed by atoms with Gasteiger partial charge in [-0.15, -0.1) is 11.3 Å². The van der Waals surface area contributed by atoms with Gasteiger partial charge in [0, 0.05) is 17.4 Å². The summed E-state index contributed by atoms with van der Waals surface area (Å²) in [6, 6.07) is 0. The number of fused-ring (bicyclic) bond motifs is 1. The Kier molecular flexibility index (Phi) is 19.5. The van der Waals surface area contributed by atoms with Gasteiger partial charge in [0.1, 0.15) is 6.61 Å². The SMILES string of the molecule is CCCCCCCCNCCCCCCCC.O=S(=O)(O)CCCOCC1COc2cscc2O1. The Balaban J connectivity index is 0.000000351. The average Bonchev–Trinajstić information content (AvgIpc) is 3.30. The molecule has 0 spiro atoms. The van der Waals surface area contributed by atoms with Crippen molar-refractivity contribution in [2.45, 2.75) is 103 Å². The van der Waals surface area contributed by atoms with Gasteiger partial charge in [0.2, 0.25) is 0 Å². The summed E-state index contributed by atoms with van der Waals surface area (Å²) in [5.74, 6) is 1.18. The first-order valence-corrected chi connectivity index (χ1v) is 16.1. The number of hydrogen-bond donors (Lipinski definition) is 2. The quantitative estimate of drug-likeness (QED) is 0.146. The second kappa shape index (κ2) is 21.2. The van der Waals surface area contributed by atoms with E-state index in [9.17, 15) is 8.42 Å². The van der Waals surface area contributed by atoms with Gasteiger partial charge in [0.15, 0.2) is 17.6 Å². The van der Waals surface area contributed by atoms with Crippen LogP contribution in [0.1, 0.15) is 97.3 Å². The van der Waals surface area contributed by atoms with Crippen LogP contribution in [-0.4, -0.2) is 57.7 Å². The zero-order chi connectivity index (χ0) is 25.6. The van der Waals surface area contributed by atoms with E-state index in [0.29, 0.717) is 13.2 Å². The summed E-state index contributed by atoms with van der Waals surface area (Å²) in [7, 11) is -3.90. The predicted molar refractivity (Wildman–Crippen MR) is 146 cm³/mol. The van der Waals surface area contributed by atoms with Crippen LogP contribution < -0.4 is 14.8 Å². The molecule has 9 heteroatoms. The molecular formula is C26H49NO6S2. The summed E-state index contributed by atoms with van der Waals surface area (Å²) in [5, 5.41) is 7.30. The third kappa shape index (κ3) is 19.0. The van der Waals surface area contributed by atoms with Crippen LogP contribution in [0.3, 0.4) is 0 Å². The normalized spacial score (nSPS) is 15.0. The Morgan fingerprint density at radius 1 is 0.914 bits per heavy atom. The van der Waals surface area contributed by atoms with Gasteiger partial charge in [-0.25, -0.2) is 0 Å². The second-order valence-corrected chi connectivity index (χ2v) is 11.5. The van der Waals surface area contributed by atoms with Crippen molar-refractivity contribution in [1.29, 1.82) is 0 Å². The Bertz CT molecular complexity index is 696. The Labute approximate surface area is 218 Å². The maximum absolute atomic E-state index is 10.5. The van der Waals surface area contributed by atoms with E-state index in [2.05, 4.69) is 19.2 Å². The van der Waals surface area contributed by atoms with Crippen molar-refractivity contribution >= 4 is 21.5 Å². The van der Waals surface area contributed by atoms with Crippen molar-refractivity contribution in [1.82, 2.24) is 5.32 Å². The summed E-state index contributed by atoms with van der Waals surface area (Å²) < 4.78 is 45.8. The van der Waals surface area contributed by atoms with Crippen molar-refractivity contribution in [3.05, 3.63) is 10.8 Å². The minimum Gasteiger partial charge on any atom is -0.485 e. The molecule has 206 valence electrons. The second-order valence-electron chi connectivity index (χ2n) is 9.15. The minimum absolute atomic E-state index is 0.183. The smallest absolute Gasteiger partial charge is 0.264 e. The molecule has 1 atom stereocenters. The van der Waals surface area contributed by atoms with Crippen molar-refractivity contribution in [3.8, 4) is 11.5 Å². The third-order valence-corrected chi connectivity index (χ3v) is 7.23. The maximum atomic E-state index is 10.5. The van der Waals surface area contributed by atoms with Gasteiger partial charge in [-0.3, -0.25) is 4.55 Å². The molecule has 0 aromatic carbocycles. The minimum atomic E-state index is -3.90. The lowest BCUT2D eigenvalue weighted by Crippen LogP contribution is -2.33. The Morgan fingerprint density at radius 3 is 2.09 bits per heavy atom. The largest absolute Gasteiger partial charge is 0.485 e. The molecular weight excluding hydrogens is 486 g/mol. The fourth-order valence-corrected chi connectivity index (χ4v) is 4.84. The van der Waals surface area contributed by atoms with Crippen molar-refractivity contribution < 1.29 is 27.2 Å². The Hall–Kier alpha value is -0.870. The highest BCUT2D eigenvalue weighted by molar-refractivity contribution is 7.85. The number of ether oxygens (including phenoxy) is 3. The van der Waals surface area contributed by atoms with Gasteiger partial charge in [0.25, 0.3) is 10.1 Å². The molecule has 1 unspecified atom stereocenters. The van der Waals surface area contributed by atoms with Gasteiger partial charge in [0.05, 0.1) is 12.4 Å². The van der Waals surface area contributed by atoms with Crippen LogP contribution in [-0.2, 0) is 14.9 Å². The van der Waals surface area contributed by atoms with Crippen LogP contribution in [0.15, 0.2) is 10.8 Å². The highest BCUT2D eigenvalue weighted by atomic mass is 32.2. The number of unbranched alkanes of at least 4 members (excludes halogenated alkanes) is 10. The van der Waals surface area contributed by atoms with Crippen LogP contribution >= 0.6 is 11.3 Å². The third-order valence-electron chi connectivity index (χ3n) is 5.72.